The van der Waals surface area contributed by atoms with Crippen molar-refractivity contribution in [1.82, 2.24) is 25.5 Å². The van der Waals surface area contributed by atoms with Crippen molar-refractivity contribution in [3.8, 4) is 11.4 Å². The van der Waals surface area contributed by atoms with Crippen LogP contribution in [0, 0.1) is 5.21 Å². The molecule has 0 unspecified atom stereocenters. The molecule has 0 fully saturated rings. The number of unbranched alkanes of at least 4 members (excludes halogenated alkanes) is 1. The zero-order valence-electron chi connectivity index (χ0n) is 19.7. The van der Waals surface area contributed by atoms with Gasteiger partial charge in [-0.25, -0.2) is 4.98 Å². The van der Waals surface area contributed by atoms with Gasteiger partial charge in [-0.2, -0.15) is 10.6 Å². The number of nitrogens with zero attached hydrogens (tertiary/aromatic N) is 5. The summed E-state index contributed by atoms with van der Waals surface area (Å²) in [6, 6.07) is 16.3. The number of nitrogens with one attached hydrogen (secondary N) is 1. The van der Waals surface area contributed by atoms with Crippen LogP contribution in [-0.4, -0.2) is 48.2 Å². The lowest BCUT2D eigenvalue weighted by Gasteiger charge is -2.22. The molecule has 0 bridgehead atoms. The second kappa shape index (κ2) is 11.3. The predicted molar refractivity (Wildman–Crippen MR) is 128 cm³/mol. The first-order valence-electron chi connectivity index (χ1n) is 11.5. The minimum absolute atomic E-state index is 0.000910. The number of carbonyl (C=O) groups excluding carboxylic acids is 2. The first kappa shape index (κ1) is 24.7. The molecule has 0 spiro atoms. The number of aromatic nitrogens is 2. The summed E-state index contributed by atoms with van der Waals surface area (Å²) in [6.45, 7) is 1.87. The fourth-order valence-electron chi connectivity index (χ4n) is 3.48. The van der Waals surface area contributed by atoms with Crippen molar-refractivity contribution in [1.29, 1.82) is 0 Å². The number of ether oxygens (including phenoxy) is 1. The number of carbonyl (C=O) groups is 2. The Kier molecular flexibility index (Phi) is 7.78. The molecule has 0 saturated carbocycles. The maximum atomic E-state index is 13.1. The lowest BCUT2D eigenvalue weighted by molar-refractivity contribution is -0.698. The molecule has 36 heavy (non-hydrogen) atoms. The number of rotatable bonds is 9. The average Bonchev–Trinajstić information content (AvgIpc) is 3.51. The Hall–Kier alpha value is -4.42. The Balaban J connectivity index is 1.55. The van der Waals surface area contributed by atoms with E-state index in [1.54, 1.807) is 36.7 Å². The van der Waals surface area contributed by atoms with Gasteiger partial charge >= 0.3 is 17.9 Å². The quantitative estimate of drug-likeness (QED) is 0.261. The van der Waals surface area contributed by atoms with Gasteiger partial charge in [0, 0.05) is 24.4 Å². The van der Waals surface area contributed by atoms with Gasteiger partial charge in [-0.15, -0.1) is 4.85 Å². The van der Waals surface area contributed by atoms with E-state index >= 15 is 0 Å². The van der Waals surface area contributed by atoms with Crippen LogP contribution in [0.4, 0.5) is 4.79 Å². The second-order valence-electron chi connectivity index (χ2n) is 7.99. The number of H-pyrrole nitrogens is 1. The molecule has 1 amide bonds. The van der Waals surface area contributed by atoms with Crippen LogP contribution in [-0.2, 0) is 27.4 Å². The molecular formula is C24H27N7O5. The molecule has 12 heteroatoms. The number of hydrogen-bond acceptors (Lipinski definition) is 9. The van der Waals surface area contributed by atoms with Gasteiger partial charge < -0.3 is 19.8 Å². The highest BCUT2D eigenvalue weighted by Crippen LogP contribution is 2.21. The molecule has 3 aromatic rings. The van der Waals surface area contributed by atoms with Crippen LogP contribution in [0.2, 0.25) is 0 Å². The van der Waals surface area contributed by atoms with E-state index in [0.717, 1.165) is 22.6 Å². The molecule has 0 radical (unpaired) electrons. The maximum Gasteiger partial charge on any atom is 0.531 e. The maximum absolute atomic E-state index is 13.1. The van der Waals surface area contributed by atoms with Crippen LogP contribution in [0.25, 0.3) is 11.4 Å². The number of hydrazone groups is 1. The SMILES string of the molecule is CCCCC(=O)ON1N(C(=O)OCc2ccccc2)C(Cc2ccc(-c3ncc[nH]3)cc2)=[N+]([O-])N1N. The van der Waals surface area contributed by atoms with E-state index in [1.165, 1.54) is 0 Å². The van der Waals surface area contributed by atoms with E-state index in [-0.39, 0.29) is 30.1 Å². The summed E-state index contributed by atoms with van der Waals surface area (Å²) in [5.74, 6) is 5.82. The number of hydrazine groups is 4. The van der Waals surface area contributed by atoms with Gasteiger partial charge in [0.05, 0.1) is 6.42 Å². The molecule has 4 rings (SSSR count). The largest absolute Gasteiger partial charge is 0.690 e. The molecule has 3 N–H and O–H groups in total. The topological polar surface area (TPSA) is 143 Å². The molecule has 188 valence electrons. The highest BCUT2D eigenvalue weighted by atomic mass is 16.8. The lowest BCUT2D eigenvalue weighted by Crippen LogP contribution is -2.54. The second-order valence-corrected chi connectivity index (χ2v) is 7.99. The lowest BCUT2D eigenvalue weighted by atomic mass is 10.1. The van der Waals surface area contributed by atoms with Crippen LogP contribution in [0.3, 0.4) is 0 Å². The van der Waals surface area contributed by atoms with E-state index in [1.807, 2.05) is 37.3 Å². The molecule has 2 aromatic carbocycles. The highest BCUT2D eigenvalue weighted by Gasteiger charge is 2.50. The fraction of sp³-hybridized carbons (Fsp3) is 0.250. The Morgan fingerprint density at radius 3 is 2.53 bits per heavy atom. The first-order chi connectivity index (χ1) is 17.5. The summed E-state index contributed by atoms with van der Waals surface area (Å²) in [5, 5.41) is 14.9. The zero-order chi connectivity index (χ0) is 25.5. The zero-order valence-corrected chi connectivity index (χ0v) is 19.7. The summed E-state index contributed by atoms with van der Waals surface area (Å²) < 4.78 is 5.41. The number of benzene rings is 2. The van der Waals surface area contributed by atoms with Crippen LogP contribution in [0.15, 0.2) is 67.0 Å². The van der Waals surface area contributed by atoms with Crippen LogP contribution in [0.1, 0.15) is 37.3 Å². The van der Waals surface area contributed by atoms with E-state index in [2.05, 4.69) is 9.97 Å². The Morgan fingerprint density at radius 2 is 1.86 bits per heavy atom. The first-order valence-corrected chi connectivity index (χ1v) is 11.5. The monoisotopic (exact) mass is 493 g/mol. The minimum atomic E-state index is -0.932. The van der Waals surface area contributed by atoms with Crippen molar-refractivity contribution in [3.05, 3.63) is 83.3 Å². The number of aromatic amines is 1. The van der Waals surface area contributed by atoms with Crippen molar-refractivity contribution in [2.75, 3.05) is 0 Å². The molecule has 0 saturated heterocycles. The average molecular weight is 494 g/mol. The van der Waals surface area contributed by atoms with Crippen molar-refractivity contribution in [3.63, 3.8) is 0 Å². The number of imidazole rings is 1. The minimum Gasteiger partial charge on any atom is -0.690 e. The molecule has 2 heterocycles. The molecule has 1 aromatic heterocycles. The summed E-state index contributed by atoms with van der Waals surface area (Å²) in [4.78, 5) is 38.2. The summed E-state index contributed by atoms with van der Waals surface area (Å²) in [6.07, 6.45) is 3.88. The fourth-order valence-corrected chi connectivity index (χ4v) is 3.48. The van der Waals surface area contributed by atoms with Crippen LogP contribution < -0.4 is 5.84 Å². The molecule has 1 aliphatic heterocycles. The molecule has 0 atom stereocenters. The van der Waals surface area contributed by atoms with E-state index < -0.39 is 12.1 Å². The third-order valence-electron chi connectivity index (χ3n) is 5.38. The molecular weight excluding hydrogens is 466 g/mol. The van der Waals surface area contributed by atoms with Crippen LogP contribution in [0.5, 0.6) is 0 Å². The molecule has 0 aliphatic carbocycles. The Morgan fingerprint density at radius 1 is 1.11 bits per heavy atom. The Labute approximate surface area is 207 Å². The summed E-state index contributed by atoms with van der Waals surface area (Å²) >= 11 is 0. The summed E-state index contributed by atoms with van der Waals surface area (Å²) in [5.41, 5.74) is 2.30. The van der Waals surface area contributed by atoms with Crippen molar-refractivity contribution in [2.24, 2.45) is 5.84 Å². The third-order valence-corrected chi connectivity index (χ3v) is 5.38. The number of amides is 1. The van der Waals surface area contributed by atoms with Gasteiger partial charge in [-0.3, -0.25) is 4.79 Å². The van der Waals surface area contributed by atoms with Gasteiger partial charge in [-0.05, 0) is 27.8 Å². The smallest absolute Gasteiger partial charge is 0.531 e. The molecule has 12 nitrogen and oxygen atoms in total. The summed E-state index contributed by atoms with van der Waals surface area (Å²) in [7, 11) is 0. The van der Waals surface area contributed by atoms with Gasteiger partial charge in [0.1, 0.15) is 12.4 Å². The van der Waals surface area contributed by atoms with E-state index in [0.29, 0.717) is 28.3 Å². The number of amidine groups is 1. The number of nitrogens with two attached hydrogens (primary N) is 1. The van der Waals surface area contributed by atoms with Crippen molar-refractivity contribution < 1.29 is 24.0 Å². The van der Waals surface area contributed by atoms with Crippen LogP contribution >= 0.6 is 0 Å². The molecule has 1 aliphatic rings. The van der Waals surface area contributed by atoms with E-state index in [4.69, 9.17) is 15.4 Å². The predicted octanol–water partition coefficient (Wildman–Crippen LogP) is 3.05. The van der Waals surface area contributed by atoms with E-state index in [9.17, 15) is 14.8 Å². The van der Waals surface area contributed by atoms with Gasteiger partial charge in [0.15, 0.2) is 5.28 Å². The number of hydrogen-bond donors (Lipinski definition) is 2. The van der Waals surface area contributed by atoms with Gasteiger partial charge in [0.2, 0.25) is 0 Å². The standard InChI is InChI=1S/C24H27N7O5/c1-2-3-9-22(32)36-31-28(24(33)35-17-19-7-5-4-6-8-19)21(29(34)30(31)25)16-18-10-12-20(13-11-18)23-26-14-15-27-23/h4-8,10-15H,2-3,9,16-17,25H2,1H3,(H,26,27). The Bertz CT molecular complexity index is 1200. The van der Waals surface area contributed by atoms with Gasteiger partial charge in [-0.1, -0.05) is 67.9 Å². The van der Waals surface area contributed by atoms with Crippen molar-refractivity contribution in [2.45, 2.75) is 39.2 Å². The highest BCUT2D eigenvalue weighted by molar-refractivity contribution is 5.93. The van der Waals surface area contributed by atoms with Crippen molar-refractivity contribution >= 4 is 17.9 Å². The normalized spacial score (nSPS) is 13.8. The third kappa shape index (κ3) is 5.62. The van der Waals surface area contributed by atoms with Gasteiger partial charge in [0.25, 0.3) is 0 Å².